The van der Waals surface area contributed by atoms with Gasteiger partial charge in [-0.05, 0) is 31.1 Å². The lowest BCUT2D eigenvalue weighted by atomic mass is 10.0. The van der Waals surface area contributed by atoms with Crippen LogP contribution in [0.5, 0.6) is 0 Å². The van der Waals surface area contributed by atoms with E-state index in [9.17, 15) is 29.4 Å². The number of likely N-dealkylation sites (tertiary alicyclic amines) is 1. The first-order chi connectivity index (χ1) is 13.5. The standard InChI is InChI=1S/C19H34N4O6/c1-10(2)8-12(18(27)23-7-5-6-14(23)19(28)29)21-16(25)13(9-24)22-17(26)15(20)11(3)4/h10-15,24H,5-9,20H2,1-4H3,(H,21,25)(H,22,26)(H,28,29). The highest BCUT2D eigenvalue weighted by Crippen LogP contribution is 2.20. The molecule has 166 valence electrons. The first kappa shape index (κ1) is 24.8. The Morgan fingerprint density at radius 3 is 2.14 bits per heavy atom. The van der Waals surface area contributed by atoms with Crippen LogP contribution in [0.2, 0.25) is 0 Å². The maximum atomic E-state index is 12.9. The van der Waals surface area contributed by atoms with Gasteiger partial charge in [0.25, 0.3) is 0 Å². The summed E-state index contributed by atoms with van der Waals surface area (Å²) in [4.78, 5) is 50.3. The summed E-state index contributed by atoms with van der Waals surface area (Å²) in [5, 5.41) is 23.8. The zero-order chi connectivity index (χ0) is 22.3. The minimum atomic E-state index is -1.26. The lowest BCUT2D eigenvalue weighted by Gasteiger charge is -2.29. The number of hydrogen-bond acceptors (Lipinski definition) is 6. The summed E-state index contributed by atoms with van der Waals surface area (Å²) in [5.41, 5.74) is 5.76. The van der Waals surface area contributed by atoms with Crippen molar-refractivity contribution >= 4 is 23.7 Å². The number of carbonyl (C=O) groups excluding carboxylic acids is 3. The molecule has 3 amide bonds. The highest BCUT2D eigenvalue weighted by molar-refractivity contribution is 5.94. The van der Waals surface area contributed by atoms with Gasteiger partial charge in [0, 0.05) is 6.54 Å². The number of nitrogens with one attached hydrogen (secondary N) is 2. The highest BCUT2D eigenvalue weighted by atomic mass is 16.4. The van der Waals surface area contributed by atoms with Crippen LogP contribution in [-0.4, -0.2) is 76.1 Å². The van der Waals surface area contributed by atoms with E-state index in [0.717, 1.165) is 0 Å². The summed E-state index contributed by atoms with van der Waals surface area (Å²) in [6.07, 6.45) is 1.24. The largest absolute Gasteiger partial charge is 0.480 e. The number of rotatable bonds is 10. The molecule has 0 spiro atoms. The van der Waals surface area contributed by atoms with E-state index in [1.165, 1.54) is 4.90 Å². The zero-order valence-corrected chi connectivity index (χ0v) is 17.6. The Labute approximate surface area is 171 Å². The van der Waals surface area contributed by atoms with Crippen molar-refractivity contribution in [1.82, 2.24) is 15.5 Å². The molecule has 10 heteroatoms. The minimum Gasteiger partial charge on any atom is -0.480 e. The van der Waals surface area contributed by atoms with E-state index in [4.69, 9.17) is 5.73 Å². The Bertz CT molecular complexity index is 610. The summed E-state index contributed by atoms with van der Waals surface area (Å²) in [6.45, 7) is 6.90. The maximum Gasteiger partial charge on any atom is 0.326 e. The van der Waals surface area contributed by atoms with Gasteiger partial charge < -0.3 is 31.5 Å². The van der Waals surface area contributed by atoms with E-state index in [1.807, 2.05) is 13.8 Å². The van der Waals surface area contributed by atoms with Crippen molar-refractivity contribution in [3.63, 3.8) is 0 Å². The van der Waals surface area contributed by atoms with Crippen LogP contribution >= 0.6 is 0 Å². The maximum absolute atomic E-state index is 12.9. The second-order valence-corrected chi connectivity index (χ2v) is 8.23. The lowest BCUT2D eigenvalue weighted by Crippen LogP contribution is -2.58. The number of amides is 3. The van der Waals surface area contributed by atoms with Crippen LogP contribution in [0, 0.1) is 11.8 Å². The molecule has 29 heavy (non-hydrogen) atoms. The third kappa shape index (κ3) is 6.97. The van der Waals surface area contributed by atoms with Gasteiger partial charge in [0.15, 0.2) is 0 Å². The van der Waals surface area contributed by atoms with Gasteiger partial charge in [-0.15, -0.1) is 0 Å². The molecule has 1 rings (SSSR count). The number of hydrogen-bond donors (Lipinski definition) is 5. The molecule has 1 fully saturated rings. The average Bonchev–Trinajstić information content (AvgIpc) is 3.13. The highest BCUT2D eigenvalue weighted by Gasteiger charge is 2.38. The van der Waals surface area contributed by atoms with Crippen molar-refractivity contribution in [2.75, 3.05) is 13.2 Å². The van der Waals surface area contributed by atoms with Crippen molar-refractivity contribution in [2.24, 2.45) is 17.6 Å². The predicted molar refractivity (Wildman–Crippen MR) is 106 cm³/mol. The molecule has 0 aromatic heterocycles. The lowest BCUT2D eigenvalue weighted by molar-refractivity contribution is -0.149. The van der Waals surface area contributed by atoms with Crippen LogP contribution in [0.3, 0.4) is 0 Å². The van der Waals surface area contributed by atoms with E-state index >= 15 is 0 Å². The molecule has 0 aromatic carbocycles. The topological polar surface area (TPSA) is 162 Å². The molecule has 0 saturated carbocycles. The Morgan fingerprint density at radius 2 is 1.66 bits per heavy atom. The Kier molecular flexibility index (Phi) is 9.51. The molecule has 4 unspecified atom stereocenters. The van der Waals surface area contributed by atoms with Crippen LogP contribution in [0.1, 0.15) is 47.0 Å². The summed E-state index contributed by atoms with van der Waals surface area (Å²) in [7, 11) is 0. The van der Waals surface area contributed by atoms with E-state index in [0.29, 0.717) is 25.8 Å². The second kappa shape index (κ2) is 11.1. The van der Waals surface area contributed by atoms with Crippen LogP contribution in [0.25, 0.3) is 0 Å². The van der Waals surface area contributed by atoms with Crippen molar-refractivity contribution in [1.29, 1.82) is 0 Å². The molecule has 6 N–H and O–H groups in total. The fourth-order valence-corrected chi connectivity index (χ4v) is 3.22. The SMILES string of the molecule is CC(C)CC(NC(=O)C(CO)NC(=O)C(N)C(C)C)C(=O)N1CCCC1C(=O)O. The summed E-state index contributed by atoms with van der Waals surface area (Å²) >= 11 is 0. The first-order valence-corrected chi connectivity index (χ1v) is 10.00. The number of carbonyl (C=O) groups is 4. The van der Waals surface area contributed by atoms with Gasteiger partial charge in [-0.2, -0.15) is 0 Å². The third-order valence-electron chi connectivity index (χ3n) is 4.98. The monoisotopic (exact) mass is 414 g/mol. The number of aliphatic hydroxyl groups is 1. The first-order valence-electron chi connectivity index (χ1n) is 10.00. The van der Waals surface area contributed by atoms with Gasteiger partial charge in [0.1, 0.15) is 18.1 Å². The number of nitrogens with two attached hydrogens (primary N) is 1. The zero-order valence-electron chi connectivity index (χ0n) is 17.6. The molecule has 10 nitrogen and oxygen atoms in total. The van der Waals surface area contributed by atoms with Crippen LogP contribution in [-0.2, 0) is 19.2 Å². The van der Waals surface area contributed by atoms with Crippen molar-refractivity contribution < 1.29 is 29.4 Å². The fraction of sp³-hybridized carbons (Fsp3) is 0.789. The molecular formula is C19H34N4O6. The third-order valence-corrected chi connectivity index (χ3v) is 4.98. The van der Waals surface area contributed by atoms with Crippen molar-refractivity contribution in [2.45, 2.75) is 71.1 Å². The molecule has 0 aliphatic carbocycles. The molecule has 1 aliphatic rings. The minimum absolute atomic E-state index is 0.0478. The molecular weight excluding hydrogens is 380 g/mol. The van der Waals surface area contributed by atoms with Gasteiger partial charge in [-0.25, -0.2) is 4.79 Å². The van der Waals surface area contributed by atoms with Gasteiger partial charge in [-0.3, -0.25) is 14.4 Å². The molecule has 0 radical (unpaired) electrons. The van der Waals surface area contributed by atoms with Crippen molar-refractivity contribution in [3.05, 3.63) is 0 Å². The molecule has 1 heterocycles. The predicted octanol–water partition coefficient (Wildman–Crippen LogP) is -0.947. The van der Waals surface area contributed by atoms with Crippen LogP contribution < -0.4 is 16.4 Å². The number of aliphatic hydroxyl groups excluding tert-OH is 1. The Hall–Kier alpha value is -2.20. The Balaban J connectivity index is 2.90. The number of carboxylic acids is 1. The number of aliphatic carboxylic acids is 1. The normalized spacial score (nSPS) is 19.7. The number of nitrogens with zero attached hydrogens (tertiary/aromatic N) is 1. The quantitative estimate of drug-likeness (QED) is 0.308. The summed E-state index contributed by atoms with van der Waals surface area (Å²) in [5.74, 6) is -2.96. The molecule has 0 bridgehead atoms. The van der Waals surface area contributed by atoms with E-state index in [2.05, 4.69) is 10.6 Å². The summed E-state index contributed by atoms with van der Waals surface area (Å²) in [6, 6.07) is -3.96. The second-order valence-electron chi connectivity index (χ2n) is 8.23. The smallest absolute Gasteiger partial charge is 0.326 e. The van der Waals surface area contributed by atoms with Crippen LogP contribution in [0.4, 0.5) is 0 Å². The van der Waals surface area contributed by atoms with E-state index in [1.54, 1.807) is 13.8 Å². The molecule has 4 atom stereocenters. The Morgan fingerprint density at radius 1 is 1.07 bits per heavy atom. The summed E-state index contributed by atoms with van der Waals surface area (Å²) < 4.78 is 0. The van der Waals surface area contributed by atoms with E-state index in [-0.39, 0.29) is 11.8 Å². The van der Waals surface area contributed by atoms with Gasteiger partial charge in [0.05, 0.1) is 12.6 Å². The van der Waals surface area contributed by atoms with Gasteiger partial charge >= 0.3 is 5.97 Å². The van der Waals surface area contributed by atoms with E-state index < -0.39 is 54.5 Å². The van der Waals surface area contributed by atoms with Gasteiger partial charge in [-0.1, -0.05) is 27.7 Å². The molecule has 1 saturated heterocycles. The van der Waals surface area contributed by atoms with Crippen molar-refractivity contribution in [3.8, 4) is 0 Å². The van der Waals surface area contributed by atoms with Crippen LogP contribution in [0.15, 0.2) is 0 Å². The average molecular weight is 415 g/mol. The molecule has 0 aromatic rings. The van der Waals surface area contributed by atoms with Gasteiger partial charge in [0.2, 0.25) is 17.7 Å². The fourth-order valence-electron chi connectivity index (χ4n) is 3.22. The molecule has 1 aliphatic heterocycles. The number of carboxylic acid groups (broad SMARTS) is 1.